The lowest BCUT2D eigenvalue weighted by Crippen LogP contribution is -2.14. The van der Waals surface area contributed by atoms with Gasteiger partial charge in [-0.1, -0.05) is 17.3 Å². The van der Waals surface area contributed by atoms with Crippen LogP contribution in [0.25, 0.3) is 0 Å². The minimum absolute atomic E-state index is 0.0533. The quantitative estimate of drug-likeness (QED) is 0.347. The minimum Gasteiger partial charge on any atom is -0.435 e. The summed E-state index contributed by atoms with van der Waals surface area (Å²) in [6.45, 7) is -2.83. The van der Waals surface area contributed by atoms with Gasteiger partial charge in [0, 0.05) is 6.42 Å². The Kier molecular flexibility index (Phi) is 3.84. The fraction of sp³-hybridized carbons (Fsp3) is 0.222. The molecule has 1 aromatic carbocycles. The fourth-order valence-electron chi connectivity index (χ4n) is 1.03. The zero-order valence-corrected chi connectivity index (χ0v) is 7.73. The zero-order valence-electron chi connectivity index (χ0n) is 7.73. The van der Waals surface area contributed by atoms with Crippen LogP contribution in [0.1, 0.15) is 5.56 Å². The molecule has 82 valence electrons. The summed E-state index contributed by atoms with van der Waals surface area (Å²) in [5.74, 6) is 0.130. The molecule has 6 heteroatoms. The molecule has 0 aliphatic carbocycles. The summed E-state index contributed by atoms with van der Waals surface area (Å²) >= 11 is 0. The van der Waals surface area contributed by atoms with Crippen LogP contribution in [0.15, 0.2) is 29.4 Å². The van der Waals surface area contributed by atoms with Crippen molar-refractivity contribution in [2.75, 3.05) is 0 Å². The number of halogens is 2. The molecule has 15 heavy (non-hydrogen) atoms. The molecule has 0 aromatic heterocycles. The first kappa shape index (κ1) is 11.2. The Balaban J connectivity index is 2.64. The van der Waals surface area contributed by atoms with Crippen molar-refractivity contribution in [3.8, 4) is 5.75 Å². The number of ether oxygens (including phenoxy) is 1. The Hall–Kier alpha value is -1.85. The van der Waals surface area contributed by atoms with E-state index in [0.717, 1.165) is 5.56 Å². The van der Waals surface area contributed by atoms with E-state index in [0.29, 0.717) is 0 Å². The van der Waals surface area contributed by atoms with E-state index >= 15 is 0 Å². The molecular formula is C9H10F2N2O2. The van der Waals surface area contributed by atoms with E-state index in [1.165, 1.54) is 12.1 Å². The first-order chi connectivity index (χ1) is 7.11. The zero-order chi connectivity index (χ0) is 11.3. The van der Waals surface area contributed by atoms with E-state index < -0.39 is 6.61 Å². The van der Waals surface area contributed by atoms with Gasteiger partial charge in [0.05, 0.1) is 0 Å². The maximum Gasteiger partial charge on any atom is 0.387 e. The Morgan fingerprint density at radius 1 is 1.40 bits per heavy atom. The van der Waals surface area contributed by atoms with E-state index in [9.17, 15) is 8.78 Å². The molecule has 0 bridgehead atoms. The normalized spacial score (nSPS) is 11.8. The predicted molar refractivity (Wildman–Crippen MR) is 50.2 cm³/mol. The van der Waals surface area contributed by atoms with Crippen molar-refractivity contribution in [1.82, 2.24) is 0 Å². The molecule has 1 aromatic rings. The Morgan fingerprint density at radius 2 is 2.00 bits per heavy atom. The third kappa shape index (κ3) is 3.80. The number of amidine groups is 1. The average Bonchev–Trinajstić information content (AvgIpc) is 2.20. The number of hydrogen-bond donors (Lipinski definition) is 2. The van der Waals surface area contributed by atoms with Gasteiger partial charge < -0.3 is 15.7 Å². The number of alkyl halides is 2. The minimum atomic E-state index is -2.83. The highest BCUT2D eigenvalue weighted by atomic mass is 19.3. The van der Waals surface area contributed by atoms with Crippen LogP contribution >= 0.6 is 0 Å². The summed E-state index contributed by atoms with van der Waals surface area (Å²) in [5, 5.41) is 11.1. The molecule has 0 aliphatic rings. The molecule has 0 amide bonds. The SMILES string of the molecule is N/C(Cc1ccc(OC(F)F)cc1)=N\O. The third-order valence-corrected chi connectivity index (χ3v) is 1.66. The highest BCUT2D eigenvalue weighted by Gasteiger charge is 2.04. The highest BCUT2D eigenvalue weighted by molar-refractivity contribution is 5.81. The van der Waals surface area contributed by atoms with Gasteiger partial charge in [-0.25, -0.2) is 0 Å². The number of benzene rings is 1. The smallest absolute Gasteiger partial charge is 0.387 e. The molecule has 0 radical (unpaired) electrons. The second-order valence-electron chi connectivity index (χ2n) is 2.79. The second kappa shape index (κ2) is 5.14. The lowest BCUT2D eigenvalue weighted by molar-refractivity contribution is -0.0498. The number of hydrogen-bond acceptors (Lipinski definition) is 3. The average molecular weight is 216 g/mol. The number of nitrogens with two attached hydrogens (primary N) is 1. The van der Waals surface area contributed by atoms with E-state index in [4.69, 9.17) is 10.9 Å². The van der Waals surface area contributed by atoms with Gasteiger partial charge in [-0.3, -0.25) is 0 Å². The van der Waals surface area contributed by atoms with Crippen LogP contribution in [-0.4, -0.2) is 17.7 Å². The molecule has 4 nitrogen and oxygen atoms in total. The van der Waals surface area contributed by atoms with Crippen molar-refractivity contribution in [1.29, 1.82) is 0 Å². The van der Waals surface area contributed by atoms with Crippen LogP contribution in [0, 0.1) is 0 Å². The second-order valence-corrected chi connectivity index (χ2v) is 2.79. The molecule has 1 rings (SSSR count). The van der Waals surface area contributed by atoms with Gasteiger partial charge in [0.25, 0.3) is 0 Å². The van der Waals surface area contributed by atoms with Crippen LogP contribution in [0.4, 0.5) is 8.78 Å². The molecule has 0 spiro atoms. The highest BCUT2D eigenvalue weighted by Crippen LogP contribution is 2.14. The van der Waals surface area contributed by atoms with Crippen molar-refractivity contribution in [3.63, 3.8) is 0 Å². The van der Waals surface area contributed by atoms with Gasteiger partial charge in [-0.15, -0.1) is 0 Å². The molecule has 0 saturated carbocycles. The molecule has 0 saturated heterocycles. The molecule has 0 aliphatic heterocycles. The molecule has 0 heterocycles. The van der Waals surface area contributed by atoms with Gasteiger partial charge in [0.2, 0.25) is 0 Å². The van der Waals surface area contributed by atoms with Crippen LogP contribution in [0.5, 0.6) is 5.75 Å². The van der Waals surface area contributed by atoms with Crippen LogP contribution in [0.2, 0.25) is 0 Å². The van der Waals surface area contributed by atoms with Crippen molar-refractivity contribution >= 4 is 5.84 Å². The van der Waals surface area contributed by atoms with Gasteiger partial charge >= 0.3 is 6.61 Å². The predicted octanol–water partition coefficient (Wildman–Crippen LogP) is 1.58. The van der Waals surface area contributed by atoms with Gasteiger partial charge in [-0.2, -0.15) is 8.78 Å². The van der Waals surface area contributed by atoms with Gasteiger partial charge in [0.15, 0.2) is 0 Å². The number of rotatable bonds is 4. The Labute approximate surface area is 85.0 Å². The van der Waals surface area contributed by atoms with Crippen molar-refractivity contribution in [3.05, 3.63) is 29.8 Å². The lowest BCUT2D eigenvalue weighted by atomic mass is 10.1. The first-order valence-electron chi connectivity index (χ1n) is 4.12. The van der Waals surface area contributed by atoms with Crippen LogP contribution in [-0.2, 0) is 6.42 Å². The maximum atomic E-state index is 11.8. The Bertz CT molecular complexity index is 338. The fourth-order valence-corrected chi connectivity index (χ4v) is 1.03. The van der Waals surface area contributed by atoms with Gasteiger partial charge in [-0.05, 0) is 17.7 Å². The standard InChI is InChI=1S/C9H10F2N2O2/c10-9(11)15-7-3-1-6(2-4-7)5-8(12)13-14/h1-4,9,14H,5H2,(H2,12,13). The van der Waals surface area contributed by atoms with Gasteiger partial charge in [0.1, 0.15) is 11.6 Å². The summed E-state index contributed by atoms with van der Waals surface area (Å²) in [4.78, 5) is 0. The molecule has 0 fully saturated rings. The van der Waals surface area contributed by atoms with Crippen molar-refractivity contribution < 1.29 is 18.7 Å². The van der Waals surface area contributed by atoms with Crippen LogP contribution in [0.3, 0.4) is 0 Å². The van der Waals surface area contributed by atoms with Crippen molar-refractivity contribution in [2.45, 2.75) is 13.0 Å². The first-order valence-corrected chi connectivity index (χ1v) is 4.12. The van der Waals surface area contributed by atoms with E-state index in [1.54, 1.807) is 12.1 Å². The number of nitrogens with zero attached hydrogens (tertiary/aromatic N) is 1. The summed E-state index contributed by atoms with van der Waals surface area (Å²) in [7, 11) is 0. The maximum absolute atomic E-state index is 11.8. The summed E-state index contributed by atoms with van der Waals surface area (Å²) in [5.41, 5.74) is 6.02. The topological polar surface area (TPSA) is 67.8 Å². The molecule has 3 N–H and O–H groups in total. The molecule has 0 atom stereocenters. The molecular weight excluding hydrogens is 206 g/mol. The molecule has 0 unspecified atom stereocenters. The third-order valence-electron chi connectivity index (χ3n) is 1.66. The lowest BCUT2D eigenvalue weighted by Gasteiger charge is -2.05. The largest absolute Gasteiger partial charge is 0.435 e. The Morgan fingerprint density at radius 3 is 2.47 bits per heavy atom. The van der Waals surface area contributed by atoms with Crippen LogP contribution < -0.4 is 10.5 Å². The monoisotopic (exact) mass is 216 g/mol. The van der Waals surface area contributed by atoms with E-state index in [2.05, 4.69) is 9.89 Å². The van der Waals surface area contributed by atoms with E-state index in [1.807, 2.05) is 0 Å². The summed E-state index contributed by atoms with van der Waals surface area (Å²) in [6, 6.07) is 5.92. The number of oxime groups is 1. The summed E-state index contributed by atoms with van der Waals surface area (Å²) in [6.07, 6.45) is 0.255. The van der Waals surface area contributed by atoms with E-state index in [-0.39, 0.29) is 18.0 Å². The summed E-state index contributed by atoms with van der Waals surface area (Å²) < 4.78 is 27.7. The van der Waals surface area contributed by atoms with Crippen molar-refractivity contribution in [2.24, 2.45) is 10.9 Å².